The molecule has 0 aromatic heterocycles. The van der Waals surface area contributed by atoms with Gasteiger partial charge >= 0.3 is 5.97 Å². The van der Waals surface area contributed by atoms with Crippen LogP contribution in [0.5, 0.6) is 11.5 Å². The van der Waals surface area contributed by atoms with E-state index in [1.807, 2.05) is 6.07 Å². The third-order valence-electron chi connectivity index (χ3n) is 3.09. The van der Waals surface area contributed by atoms with Gasteiger partial charge < -0.3 is 19.9 Å². The van der Waals surface area contributed by atoms with Crippen molar-refractivity contribution < 1.29 is 19.4 Å². The lowest BCUT2D eigenvalue weighted by Gasteiger charge is -2.11. The van der Waals surface area contributed by atoms with Crippen molar-refractivity contribution in [3.8, 4) is 11.5 Å². The van der Waals surface area contributed by atoms with Crippen LogP contribution in [0.25, 0.3) is 5.57 Å². The van der Waals surface area contributed by atoms with Crippen LogP contribution in [0.1, 0.15) is 5.56 Å². The molecule has 5 heteroatoms. The molecule has 0 aliphatic carbocycles. The summed E-state index contributed by atoms with van der Waals surface area (Å²) in [5.41, 5.74) is 1.39. The molecule has 2 N–H and O–H groups in total. The Morgan fingerprint density at radius 2 is 1.82 bits per heavy atom. The van der Waals surface area contributed by atoms with Gasteiger partial charge in [-0.15, -0.1) is 0 Å². The highest BCUT2D eigenvalue weighted by Gasteiger charge is 2.10. The largest absolute Gasteiger partial charge is 0.497 e. The van der Waals surface area contributed by atoms with E-state index in [1.54, 1.807) is 56.7 Å². The van der Waals surface area contributed by atoms with Gasteiger partial charge in [-0.1, -0.05) is 30.3 Å². The minimum atomic E-state index is -1.01. The zero-order valence-corrected chi connectivity index (χ0v) is 12.4. The molecular weight excluding hydrogens is 282 g/mol. The van der Waals surface area contributed by atoms with Gasteiger partial charge in [0.25, 0.3) is 0 Å². The maximum absolute atomic E-state index is 11.4. The van der Waals surface area contributed by atoms with Crippen LogP contribution in [0.3, 0.4) is 0 Å². The molecule has 0 amide bonds. The van der Waals surface area contributed by atoms with E-state index in [4.69, 9.17) is 9.47 Å². The summed E-state index contributed by atoms with van der Waals surface area (Å²) in [6.45, 7) is 0. The molecule has 0 bridgehead atoms. The van der Waals surface area contributed by atoms with E-state index in [0.29, 0.717) is 22.7 Å². The lowest BCUT2D eigenvalue weighted by molar-refractivity contribution is -0.130. The lowest BCUT2D eigenvalue weighted by Crippen LogP contribution is -2.03. The smallest absolute Gasteiger partial charge is 0.337 e. The number of carbonyl (C=O) groups is 1. The molecule has 2 aromatic rings. The highest BCUT2D eigenvalue weighted by atomic mass is 16.5. The van der Waals surface area contributed by atoms with E-state index in [-0.39, 0.29) is 5.57 Å². The summed E-state index contributed by atoms with van der Waals surface area (Å²) in [6.07, 6.45) is 1.44. The monoisotopic (exact) mass is 299 g/mol. The molecule has 0 saturated carbocycles. The summed E-state index contributed by atoms with van der Waals surface area (Å²) in [6, 6.07) is 14.1. The van der Waals surface area contributed by atoms with Gasteiger partial charge in [-0.2, -0.15) is 0 Å². The molecule has 0 aliphatic rings. The van der Waals surface area contributed by atoms with Crippen LogP contribution in [0.15, 0.2) is 54.7 Å². The molecular formula is C17H17NO4. The van der Waals surface area contributed by atoms with Crippen molar-refractivity contribution in [3.63, 3.8) is 0 Å². The number of methoxy groups -OCH3 is 2. The van der Waals surface area contributed by atoms with E-state index in [0.717, 1.165) is 0 Å². The van der Waals surface area contributed by atoms with Gasteiger partial charge in [0, 0.05) is 12.3 Å². The zero-order valence-electron chi connectivity index (χ0n) is 12.4. The zero-order chi connectivity index (χ0) is 15.9. The van der Waals surface area contributed by atoms with Crippen LogP contribution < -0.4 is 14.8 Å². The topological polar surface area (TPSA) is 67.8 Å². The summed E-state index contributed by atoms with van der Waals surface area (Å²) in [5, 5.41) is 12.3. The van der Waals surface area contributed by atoms with E-state index >= 15 is 0 Å². The fourth-order valence-electron chi connectivity index (χ4n) is 1.96. The first kappa shape index (κ1) is 15.4. The van der Waals surface area contributed by atoms with E-state index < -0.39 is 5.97 Å². The van der Waals surface area contributed by atoms with Crippen molar-refractivity contribution in [2.75, 3.05) is 19.5 Å². The summed E-state index contributed by atoms with van der Waals surface area (Å²) < 4.78 is 10.4. The molecule has 0 atom stereocenters. The minimum Gasteiger partial charge on any atom is -0.497 e. The number of hydrogen-bond donors (Lipinski definition) is 2. The van der Waals surface area contributed by atoms with Crippen molar-refractivity contribution in [2.24, 2.45) is 0 Å². The van der Waals surface area contributed by atoms with Crippen LogP contribution in [0.2, 0.25) is 0 Å². The SMILES string of the molecule is COc1ccc(OC)c(N/C=C(\C(=O)O)c2ccccc2)c1. The van der Waals surface area contributed by atoms with E-state index in [2.05, 4.69) is 5.32 Å². The average molecular weight is 299 g/mol. The standard InChI is InChI=1S/C17H17NO4/c1-21-13-8-9-16(22-2)15(10-13)18-11-14(17(19)20)12-6-4-3-5-7-12/h3-11,18H,1-2H3,(H,19,20)/b14-11-. The van der Waals surface area contributed by atoms with Gasteiger partial charge in [-0.05, 0) is 17.7 Å². The summed E-state index contributed by atoms with van der Waals surface area (Å²) in [7, 11) is 3.11. The number of carboxylic acid groups (broad SMARTS) is 1. The Kier molecular flexibility index (Phi) is 5.03. The predicted molar refractivity (Wildman–Crippen MR) is 85.2 cm³/mol. The molecule has 22 heavy (non-hydrogen) atoms. The third-order valence-corrected chi connectivity index (χ3v) is 3.09. The Morgan fingerprint density at radius 3 is 2.41 bits per heavy atom. The van der Waals surface area contributed by atoms with Gasteiger partial charge in [0.2, 0.25) is 0 Å². The highest BCUT2D eigenvalue weighted by Crippen LogP contribution is 2.29. The maximum Gasteiger partial charge on any atom is 0.337 e. The Balaban J connectivity index is 2.34. The predicted octanol–water partition coefficient (Wildman–Crippen LogP) is 3.24. The quantitative estimate of drug-likeness (QED) is 0.801. The van der Waals surface area contributed by atoms with Crippen molar-refractivity contribution in [1.29, 1.82) is 0 Å². The molecule has 114 valence electrons. The number of rotatable bonds is 6. The van der Waals surface area contributed by atoms with Crippen LogP contribution in [-0.2, 0) is 4.79 Å². The van der Waals surface area contributed by atoms with Gasteiger partial charge in [0.1, 0.15) is 11.5 Å². The number of nitrogens with one attached hydrogen (secondary N) is 1. The molecule has 2 aromatic carbocycles. The summed E-state index contributed by atoms with van der Waals surface area (Å²) in [5.74, 6) is 0.226. The number of benzene rings is 2. The average Bonchev–Trinajstić information content (AvgIpc) is 2.55. The molecule has 0 radical (unpaired) electrons. The first-order valence-electron chi connectivity index (χ1n) is 6.63. The first-order valence-corrected chi connectivity index (χ1v) is 6.63. The van der Waals surface area contributed by atoms with Crippen LogP contribution in [0.4, 0.5) is 5.69 Å². The van der Waals surface area contributed by atoms with Gasteiger partial charge in [0.15, 0.2) is 0 Å². The van der Waals surface area contributed by atoms with Gasteiger partial charge in [0.05, 0.1) is 25.5 Å². The number of anilines is 1. The van der Waals surface area contributed by atoms with Crippen LogP contribution in [0, 0.1) is 0 Å². The molecule has 0 spiro atoms. The third kappa shape index (κ3) is 3.58. The highest BCUT2D eigenvalue weighted by molar-refractivity contribution is 6.15. The number of carboxylic acids is 1. The fourth-order valence-corrected chi connectivity index (χ4v) is 1.96. The molecule has 0 fully saturated rings. The second-order valence-electron chi connectivity index (χ2n) is 4.44. The van der Waals surface area contributed by atoms with Crippen molar-refractivity contribution in [3.05, 3.63) is 60.3 Å². The Morgan fingerprint density at radius 1 is 1.09 bits per heavy atom. The van der Waals surface area contributed by atoms with Crippen LogP contribution in [-0.4, -0.2) is 25.3 Å². The Bertz CT molecular complexity index is 680. The number of ether oxygens (including phenoxy) is 2. The molecule has 2 rings (SSSR count). The second-order valence-corrected chi connectivity index (χ2v) is 4.44. The minimum absolute atomic E-state index is 0.158. The molecule has 0 saturated heterocycles. The van der Waals surface area contributed by atoms with Crippen molar-refractivity contribution in [1.82, 2.24) is 0 Å². The van der Waals surface area contributed by atoms with Gasteiger partial charge in [-0.25, -0.2) is 4.79 Å². The molecule has 0 heterocycles. The van der Waals surface area contributed by atoms with Gasteiger partial charge in [-0.3, -0.25) is 0 Å². The summed E-state index contributed by atoms with van der Waals surface area (Å²) >= 11 is 0. The van der Waals surface area contributed by atoms with Crippen molar-refractivity contribution >= 4 is 17.2 Å². The van der Waals surface area contributed by atoms with Crippen LogP contribution >= 0.6 is 0 Å². The van der Waals surface area contributed by atoms with Crippen molar-refractivity contribution in [2.45, 2.75) is 0 Å². The lowest BCUT2D eigenvalue weighted by atomic mass is 10.1. The molecule has 0 unspecified atom stereocenters. The molecule has 0 aliphatic heterocycles. The van der Waals surface area contributed by atoms with E-state index in [9.17, 15) is 9.90 Å². The number of hydrogen-bond acceptors (Lipinski definition) is 4. The normalized spacial score (nSPS) is 10.9. The van der Waals surface area contributed by atoms with E-state index in [1.165, 1.54) is 6.20 Å². The second kappa shape index (κ2) is 7.17. The maximum atomic E-state index is 11.4. The fraction of sp³-hybridized carbons (Fsp3) is 0.118. The molecule has 5 nitrogen and oxygen atoms in total. The summed E-state index contributed by atoms with van der Waals surface area (Å²) in [4.78, 5) is 11.4. The Labute approximate surface area is 128 Å². The first-order chi connectivity index (χ1) is 10.7. The number of aliphatic carboxylic acids is 1. The Hall–Kier alpha value is -2.95.